The minimum Gasteiger partial charge on any atom is -0.447 e. The van der Waals surface area contributed by atoms with Crippen LogP contribution in [0.5, 0.6) is 0 Å². The predicted octanol–water partition coefficient (Wildman–Crippen LogP) is 2.75. The number of amides is 1. The van der Waals surface area contributed by atoms with Crippen molar-refractivity contribution in [3.63, 3.8) is 0 Å². The molecule has 0 bridgehead atoms. The summed E-state index contributed by atoms with van der Waals surface area (Å²) < 4.78 is 18.7. The molecular weight excluding hydrogens is 287 g/mol. The summed E-state index contributed by atoms with van der Waals surface area (Å²) >= 11 is 0. The summed E-state index contributed by atoms with van der Waals surface area (Å²) in [6.07, 6.45) is 1.12. The molecule has 3 rings (SSSR count). The van der Waals surface area contributed by atoms with Crippen LogP contribution in [0.4, 0.5) is 21.0 Å². The first kappa shape index (κ1) is 14.2. The lowest BCUT2D eigenvalue weighted by Crippen LogP contribution is -2.25. The van der Waals surface area contributed by atoms with E-state index in [9.17, 15) is 9.18 Å². The molecule has 1 amide bonds. The van der Waals surface area contributed by atoms with Crippen molar-refractivity contribution in [3.8, 4) is 0 Å². The van der Waals surface area contributed by atoms with Gasteiger partial charge in [0.2, 0.25) is 5.95 Å². The molecule has 1 N–H and O–H groups in total. The Kier molecular flexibility index (Phi) is 3.86. The molecule has 22 heavy (non-hydrogen) atoms. The molecule has 2 heterocycles. The van der Waals surface area contributed by atoms with E-state index in [4.69, 9.17) is 4.74 Å². The van der Waals surface area contributed by atoms with Gasteiger partial charge < -0.3 is 10.1 Å². The van der Waals surface area contributed by atoms with Crippen LogP contribution in [0.1, 0.15) is 18.5 Å². The average Bonchev–Trinajstić information content (AvgIpc) is 2.94. The number of carbonyl (C=O) groups is 1. The molecule has 1 saturated heterocycles. The van der Waals surface area contributed by atoms with E-state index in [0.29, 0.717) is 30.5 Å². The fraction of sp³-hybridized carbons (Fsp3) is 0.267. The van der Waals surface area contributed by atoms with Gasteiger partial charge >= 0.3 is 6.09 Å². The number of aromatic nitrogens is 2. The van der Waals surface area contributed by atoms with Crippen molar-refractivity contribution in [1.82, 2.24) is 9.97 Å². The number of ether oxygens (including phenoxy) is 1. The number of hydrogen-bond donors (Lipinski definition) is 1. The van der Waals surface area contributed by atoms with Gasteiger partial charge in [0.05, 0.1) is 12.6 Å². The summed E-state index contributed by atoms with van der Waals surface area (Å²) in [6, 6.07) is 7.85. The molecule has 2 aromatic rings. The molecule has 0 unspecified atom stereocenters. The van der Waals surface area contributed by atoms with Gasteiger partial charge in [-0.3, -0.25) is 4.90 Å². The van der Waals surface area contributed by atoms with Gasteiger partial charge in [0.15, 0.2) is 0 Å². The van der Waals surface area contributed by atoms with Crippen molar-refractivity contribution < 1.29 is 13.9 Å². The van der Waals surface area contributed by atoms with Crippen LogP contribution in [0.3, 0.4) is 0 Å². The summed E-state index contributed by atoms with van der Waals surface area (Å²) in [6.45, 7) is 2.62. The maximum Gasteiger partial charge on any atom is 0.415 e. The van der Waals surface area contributed by atoms with Crippen LogP contribution in [0.25, 0.3) is 0 Å². The third-order valence-electron chi connectivity index (χ3n) is 3.40. The van der Waals surface area contributed by atoms with E-state index in [-0.39, 0.29) is 11.9 Å². The summed E-state index contributed by atoms with van der Waals surface area (Å²) in [5, 5.41) is 3.04. The van der Waals surface area contributed by atoms with E-state index < -0.39 is 6.09 Å². The molecule has 1 atom stereocenters. The largest absolute Gasteiger partial charge is 0.447 e. The molecule has 1 aliphatic heterocycles. The fourth-order valence-corrected chi connectivity index (χ4v) is 2.27. The third-order valence-corrected chi connectivity index (χ3v) is 3.40. The minimum atomic E-state index is -0.424. The lowest BCUT2D eigenvalue weighted by atomic mass is 10.1. The topological polar surface area (TPSA) is 67.3 Å². The van der Waals surface area contributed by atoms with E-state index in [1.807, 2.05) is 6.92 Å². The summed E-state index contributed by atoms with van der Waals surface area (Å²) in [5.74, 6) is 0.496. The van der Waals surface area contributed by atoms with E-state index in [2.05, 4.69) is 15.3 Å². The zero-order valence-electron chi connectivity index (χ0n) is 12.0. The molecule has 0 radical (unpaired) electrons. The second-order valence-corrected chi connectivity index (χ2v) is 4.89. The molecule has 0 aliphatic carbocycles. The molecule has 6 nitrogen and oxygen atoms in total. The van der Waals surface area contributed by atoms with Crippen LogP contribution in [0.15, 0.2) is 36.5 Å². The fourth-order valence-electron chi connectivity index (χ4n) is 2.27. The average molecular weight is 302 g/mol. The minimum absolute atomic E-state index is 0.290. The molecule has 1 aromatic heterocycles. The molecule has 1 aromatic carbocycles. The van der Waals surface area contributed by atoms with Crippen molar-refractivity contribution in [3.05, 3.63) is 47.9 Å². The highest BCUT2D eigenvalue weighted by atomic mass is 19.1. The number of rotatable bonds is 4. The highest BCUT2D eigenvalue weighted by Crippen LogP contribution is 2.21. The first-order valence-corrected chi connectivity index (χ1v) is 6.93. The zero-order valence-corrected chi connectivity index (χ0v) is 12.0. The van der Waals surface area contributed by atoms with Gasteiger partial charge in [-0.2, -0.15) is 4.98 Å². The maximum absolute atomic E-state index is 13.8. The Morgan fingerprint density at radius 2 is 2.18 bits per heavy atom. The van der Waals surface area contributed by atoms with Gasteiger partial charge in [-0.1, -0.05) is 18.2 Å². The highest BCUT2D eigenvalue weighted by molar-refractivity contribution is 5.88. The van der Waals surface area contributed by atoms with Crippen LogP contribution < -0.4 is 10.2 Å². The number of anilines is 2. The molecule has 0 spiro atoms. The van der Waals surface area contributed by atoms with Crippen molar-refractivity contribution in [2.75, 3.05) is 23.4 Å². The Hall–Kier alpha value is -2.70. The first-order valence-electron chi connectivity index (χ1n) is 6.93. The van der Waals surface area contributed by atoms with Crippen LogP contribution >= 0.6 is 0 Å². The van der Waals surface area contributed by atoms with Crippen LogP contribution in [0.2, 0.25) is 0 Å². The molecule has 1 aliphatic rings. The van der Waals surface area contributed by atoms with Gasteiger partial charge in [-0.05, 0) is 19.1 Å². The van der Waals surface area contributed by atoms with E-state index >= 15 is 0 Å². The first-order chi connectivity index (χ1) is 10.6. The van der Waals surface area contributed by atoms with Crippen molar-refractivity contribution in [2.24, 2.45) is 0 Å². The maximum atomic E-state index is 13.8. The predicted molar refractivity (Wildman–Crippen MR) is 79.2 cm³/mol. The third kappa shape index (κ3) is 2.83. The Morgan fingerprint density at radius 1 is 1.36 bits per heavy atom. The number of cyclic esters (lactones) is 1. The van der Waals surface area contributed by atoms with E-state index in [0.717, 1.165) is 0 Å². The molecule has 7 heteroatoms. The van der Waals surface area contributed by atoms with Crippen LogP contribution in [-0.2, 0) is 4.74 Å². The van der Waals surface area contributed by atoms with Gasteiger partial charge in [-0.15, -0.1) is 0 Å². The van der Waals surface area contributed by atoms with Crippen LogP contribution in [-0.4, -0.2) is 29.2 Å². The Labute approximate surface area is 126 Å². The molecule has 114 valence electrons. The molecule has 0 saturated carbocycles. The number of halogens is 1. The van der Waals surface area contributed by atoms with Crippen LogP contribution in [0, 0.1) is 5.82 Å². The highest BCUT2D eigenvalue weighted by Gasteiger charge is 2.25. The SMILES string of the molecule is C[C@@H](Nc1nccc(N2CCOC2=O)n1)c1ccccc1F. The van der Waals surface area contributed by atoms with E-state index in [1.165, 1.54) is 11.0 Å². The number of nitrogens with zero attached hydrogens (tertiary/aromatic N) is 3. The van der Waals surface area contributed by atoms with Crippen molar-refractivity contribution in [1.29, 1.82) is 0 Å². The molecular formula is C15H15FN4O2. The van der Waals surface area contributed by atoms with Gasteiger partial charge in [0, 0.05) is 11.8 Å². The Balaban J connectivity index is 1.78. The van der Waals surface area contributed by atoms with E-state index in [1.54, 1.807) is 30.5 Å². The second-order valence-electron chi connectivity index (χ2n) is 4.89. The second kappa shape index (κ2) is 5.97. The molecule has 1 fully saturated rings. The monoisotopic (exact) mass is 302 g/mol. The number of carbonyl (C=O) groups excluding carboxylic acids is 1. The smallest absolute Gasteiger partial charge is 0.415 e. The van der Waals surface area contributed by atoms with Crippen molar-refractivity contribution in [2.45, 2.75) is 13.0 Å². The van der Waals surface area contributed by atoms with Gasteiger partial charge in [-0.25, -0.2) is 14.2 Å². The zero-order chi connectivity index (χ0) is 15.5. The number of benzene rings is 1. The summed E-state index contributed by atoms with van der Waals surface area (Å²) in [4.78, 5) is 21.4. The summed E-state index contributed by atoms with van der Waals surface area (Å²) in [7, 11) is 0. The lowest BCUT2D eigenvalue weighted by molar-refractivity contribution is 0.181. The number of hydrogen-bond acceptors (Lipinski definition) is 5. The van der Waals surface area contributed by atoms with Crippen molar-refractivity contribution >= 4 is 17.9 Å². The lowest BCUT2D eigenvalue weighted by Gasteiger charge is -2.16. The quantitative estimate of drug-likeness (QED) is 0.940. The summed E-state index contributed by atoms with van der Waals surface area (Å²) in [5.41, 5.74) is 0.525. The van der Waals surface area contributed by atoms with Gasteiger partial charge in [0.1, 0.15) is 18.2 Å². The Morgan fingerprint density at radius 3 is 2.91 bits per heavy atom. The number of nitrogens with one attached hydrogen (secondary N) is 1. The standard InChI is InChI=1S/C15H15FN4O2/c1-10(11-4-2-3-5-12(11)16)18-14-17-7-6-13(19-14)20-8-9-22-15(20)21/h2-7,10H,8-9H2,1H3,(H,17,18,19)/t10-/m1/s1. The Bertz CT molecular complexity index is 695. The normalized spacial score (nSPS) is 15.5. The van der Waals surface area contributed by atoms with Gasteiger partial charge in [0.25, 0.3) is 0 Å².